The molecule has 0 unspecified atom stereocenters. The highest BCUT2D eigenvalue weighted by molar-refractivity contribution is 6.35. The standard InChI is InChI=1S/C16H14Cl3NO2/c17-12-6-5-11(14(19)9-12)7-8-20-16(21)10-22-15-4-2-1-3-13(15)18/h1-6,9H,7-8,10H2,(H,20,21). The van der Waals surface area contributed by atoms with Crippen LogP contribution < -0.4 is 10.1 Å². The zero-order chi connectivity index (χ0) is 15.9. The van der Waals surface area contributed by atoms with Crippen molar-refractivity contribution in [3.8, 4) is 5.75 Å². The summed E-state index contributed by atoms with van der Waals surface area (Å²) in [5, 5.41) is 4.42. The molecule has 2 rings (SSSR count). The van der Waals surface area contributed by atoms with E-state index < -0.39 is 0 Å². The Morgan fingerprint density at radius 2 is 1.82 bits per heavy atom. The van der Waals surface area contributed by atoms with Crippen LogP contribution in [-0.2, 0) is 11.2 Å². The highest BCUT2D eigenvalue weighted by Gasteiger charge is 2.06. The fourth-order valence-corrected chi connectivity index (χ4v) is 2.51. The quantitative estimate of drug-likeness (QED) is 0.832. The molecule has 1 N–H and O–H groups in total. The molecule has 0 aromatic heterocycles. The second-order valence-electron chi connectivity index (χ2n) is 4.55. The fourth-order valence-electron chi connectivity index (χ4n) is 1.82. The van der Waals surface area contributed by atoms with Gasteiger partial charge < -0.3 is 10.1 Å². The van der Waals surface area contributed by atoms with E-state index in [4.69, 9.17) is 39.5 Å². The summed E-state index contributed by atoms with van der Waals surface area (Å²) < 4.78 is 5.35. The first-order chi connectivity index (χ1) is 10.6. The Labute approximate surface area is 144 Å². The smallest absolute Gasteiger partial charge is 0.257 e. The minimum absolute atomic E-state index is 0.0852. The molecule has 2 aromatic carbocycles. The zero-order valence-electron chi connectivity index (χ0n) is 11.6. The van der Waals surface area contributed by atoms with Gasteiger partial charge in [0.25, 0.3) is 5.91 Å². The van der Waals surface area contributed by atoms with Crippen molar-refractivity contribution in [3.63, 3.8) is 0 Å². The van der Waals surface area contributed by atoms with Gasteiger partial charge in [0.05, 0.1) is 5.02 Å². The van der Waals surface area contributed by atoms with Gasteiger partial charge in [-0.2, -0.15) is 0 Å². The van der Waals surface area contributed by atoms with Gasteiger partial charge in [0, 0.05) is 16.6 Å². The second kappa shape index (κ2) is 8.28. The third kappa shape index (κ3) is 5.09. The molecule has 0 aliphatic rings. The van der Waals surface area contributed by atoms with Crippen LogP contribution >= 0.6 is 34.8 Å². The Morgan fingerprint density at radius 3 is 2.55 bits per heavy atom. The maximum Gasteiger partial charge on any atom is 0.257 e. The van der Waals surface area contributed by atoms with E-state index in [0.29, 0.717) is 33.8 Å². The first kappa shape index (κ1) is 16.9. The van der Waals surface area contributed by atoms with E-state index in [1.165, 1.54) is 0 Å². The Balaban J connectivity index is 1.75. The van der Waals surface area contributed by atoms with Gasteiger partial charge in [-0.1, -0.05) is 53.0 Å². The van der Waals surface area contributed by atoms with E-state index in [-0.39, 0.29) is 12.5 Å². The number of nitrogens with one attached hydrogen (secondary N) is 1. The summed E-state index contributed by atoms with van der Waals surface area (Å²) in [6.45, 7) is 0.379. The van der Waals surface area contributed by atoms with Crippen LogP contribution in [0.15, 0.2) is 42.5 Å². The molecular formula is C16H14Cl3NO2. The van der Waals surface area contributed by atoms with Gasteiger partial charge in [0.2, 0.25) is 0 Å². The predicted octanol–water partition coefficient (Wildman–Crippen LogP) is 4.38. The number of benzene rings is 2. The predicted molar refractivity (Wildman–Crippen MR) is 90.1 cm³/mol. The number of carbonyl (C=O) groups excluding carboxylic acids is 1. The minimum atomic E-state index is -0.218. The van der Waals surface area contributed by atoms with Gasteiger partial charge in [-0.15, -0.1) is 0 Å². The Hall–Kier alpha value is -1.42. The lowest BCUT2D eigenvalue weighted by Crippen LogP contribution is -2.30. The van der Waals surface area contributed by atoms with Crippen LogP contribution in [0.3, 0.4) is 0 Å². The lowest BCUT2D eigenvalue weighted by Gasteiger charge is -2.09. The van der Waals surface area contributed by atoms with Crippen LogP contribution in [0.2, 0.25) is 15.1 Å². The summed E-state index contributed by atoms with van der Waals surface area (Å²) in [5.41, 5.74) is 0.929. The molecule has 116 valence electrons. The number of rotatable bonds is 6. The lowest BCUT2D eigenvalue weighted by molar-refractivity contribution is -0.123. The van der Waals surface area contributed by atoms with Crippen molar-refractivity contribution in [2.24, 2.45) is 0 Å². The summed E-state index contributed by atoms with van der Waals surface area (Å²) in [6.07, 6.45) is 0.619. The van der Waals surface area contributed by atoms with Gasteiger partial charge >= 0.3 is 0 Å². The first-order valence-electron chi connectivity index (χ1n) is 6.64. The summed E-state index contributed by atoms with van der Waals surface area (Å²) in [6, 6.07) is 12.3. The SMILES string of the molecule is O=C(COc1ccccc1Cl)NCCc1ccc(Cl)cc1Cl. The Kier molecular flexibility index (Phi) is 6.37. The average molecular weight is 359 g/mol. The molecule has 0 fully saturated rings. The van der Waals surface area contributed by atoms with Gasteiger partial charge in [-0.3, -0.25) is 4.79 Å². The number of halogens is 3. The molecule has 0 heterocycles. The van der Waals surface area contributed by atoms with Crippen LogP contribution in [0.25, 0.3) is 0 Å². The molecule has 3 nitrogen and oxygen atoms in total. The zero-order valence-corrected chi connectivity index (χ0v) is 13.9. The molecule has 0 saturated carbocycles. The second-order valence-corrected chi connectivity index (χ2v) is 5.81. The Morgan fingerprint density at radius 1 is 1.05 bits per heavy atom. The van der Waals surface area contributed by atoms with E-state index in [1.807, 2.05) is 6.07 Å². The minimum Gasteiger partial charge on any atom is -0.482 e. The van der Waals surface area contributed by atoms with Crippen LogP contribution in [0, 0.1) is 0 Å². The molecule has 0 bridgehead atoms. The molecular weight excluding hydrogens is 345 g/mol. The molecule has 2 aromatic rings. The maximum atomic E-state index is 11.7. The van der Waals surface area contributed by atoms with Crippen molar-refractivity contribution in [2.45, 2.75) is 6.42 Å². The molecule has 1 amide bonds. The van der Waals surface area contributed by atoms with Crippen LogP contribution in [-0.4, -0.2) is 19.1 Å². The van der Waals surface area contributed by atoms with Gasteiger partial charge in [-0.05, 0) is 36.2 Å². The third-order valence-corrected chi connectivity index (χ3v) is 3.83. The summed E-state index contributed by atoms with van der Waals surface area (Å²) in [5.74, 6) is 0.269. The van der Waals surface area contributed by atoms with Gasteiger partial charge in [0.1, 0.15) is 5.75 Å². The largest absolute Gasteiger partial charge is 0.482 e. The number of amides is 1. The molecule has 0 spiro atoms. The molecule has 0 radical (unpaired) electrons. The lowest BCUT2D eigenvalue weighted by atomic mass is 10.1. The number of hydrogen-bond donors (Lipinski definition) is 1. The molecule has 6 heteroatoms. The normalized spacial score (nSPS) is 10.3. The van der Waals surface area contributed by atoms with E-state index in [1.54, 1.807) is 36.4 Å². The molecule has 0 saturated heterocycles. The van der Waals surface area contributed by atoms with Crippen molar-refractivity contribution in [1.82, 2.24) is 5.32 Å². The fraction of sp³-hybridized carbons (Fsp3) is 0.188. The number of hydrogen-bond acceptors (Lipinski definition) is 2. The highest BCUT2D eigenvalue weighted by atomic mass is 35.5. The van der Waals surface area contributed by atoms with Gasteiger partial charge in [0.15, 0.2) is 6.61 Å². The molecule has 0 atom stereocenters. The summed E-state index contributed by atoms with van der Waals surface area (Å²) >= 11 is 17.8. The maximum absolute atomic E-state index is 11.7. The topological polar surface area (TPSA) is 38.3 Å². The van der Waals surface area contributed by atoms with E-state index in [2.05, 4.69) is 5.32 Å². The van der Waals surface area contributed by atoms with Crippen molar-refractivity contribution >= 4 is 40.7 Å². The third-order valence-electron chi connectivity index (χ3n) is 2.93. The first-order valence-corrected chi connectivity index (χ1v) is 7.77. The van der Waals surface area contributed by atoms with Crippen molar-refractivity contribution in [2.75, 3.05) is 13.2 Å². The monoisotopic (exact) mass is 357 g/mol. The Bertz CT molecular complexity index is 662. The van der Waals surface area contributed by atoms with Crippen LogP contribution in [0.1, 0.15) is 5.56 Å². The summed E-state index contributed by atoms with van der Waals surface area (Å²) in [7, 11) is 0. The van der Waals surface area contributed by atoms with Crippen LogP contribution in [0.4, 0.5) is 0 Å². The molecule has 22 heavy (non-hydrogen) atoms. The molecule has 0 aliphatic heterocycles. The van der Waals surface area contributed by atoms with Crippen LogP contribution in [0.5, 0.6) is 5.75 Å². The number of para-hydroxylation sites is 1. The van der Waals surface area contributed by atoms with Crippen molar-refractivity contribution in [1.29, 1.82) is 0 Å². The number of carbonyl (C=O) groups is 1. The van der Waals surface area contributed by atoms with E-state index >= 15 is 0 Å². The summed E-state index contributed by atoms with van der Waals surface area (Å²) in [4.78, 5) is 11.7. The highest BCUT2D eigenvalue weighted by Crippen LogP contribution is 2.23. The van der Waals surface area contributed by atoms with E-state index in [9.17, 15) is 4.79 Å². The van der Waals surface area contributed by atoms with Crippen molar-refractivity contribution < 1.29 is 9.53 Å². The van der Waals surface area contributed by atoms with E-state index in [0.717, 1.165) is 5.56 Å². The van der Waals surface area contributed by atoms with Gasteiger partial charge in [-0.25, -0.2) is 0 Å². The number of ether oxygens (including phenoxy) is 1. The van der Waals surface area contributed by atoms with Crippen molar-refractivity contribution in [3.05, 3.63) is 63.1 Å². The average Bonchev–Trinajstić information content (AvgIpc) is 2.49. The molecule has 0 aliphatic carbocycles.